The van der Waals surface area contributed by atoms with E-state index in [1.807, 2.05) is 18.2 Å². The van der Waals surface area contributed by atoms with Crippen LogP contribution in [0.15, 0.2) is 41.3 Å². The van der Waals surface area contributed by atoms with Crippen LogP contribution in [0.5, 0.6) is 0 Å². The first-order chi connectivity index (χ1) is 18.4. The highest BCUT2D eigenvalue weighted by Gasteiger charge is 2.50. The summed E-state index contributed by atoms with van der Waals surface area (Å²) in [7, 11) is 2.13. The van der Waals surface area contributed by atoms with E-state index in [-0.39, 0.29) is 23.2 Å². The molecule has 0 spiro atoms. The molecule has 1 aliphatic carbocycles. The van der Waals surface area contributed by atoms with Gasteiger partial charge in [-0.15, -0.1) is 0 Å². The summed E-state index contributed by atoms with van der Waals surface area (Å²) < 4.78 is 1.47. The number of hydrogen-bond donors (Lipinski definition) is 3. The maximum Gasteiger partial charge on any atom is 0.354 e. The highest BCUT2D eigenvalue weighted by Crippen LogP contribution is 2.51. The van der Waals surface area contributed by atoms with E-state index in [4.69, 9.17) is 11.5 Å². The minimum absolute atomic E-state index is 0.142. The monoisotopic (exact) mass is 538 g/mol. The SMILES string of the molecule is CC1CC1(CN)CN(C)CCc1cccc(-n2ccc(NC(=O)N3CCN(C(=O)C(C)(C)N)CC3)nc2=O)c1. The molecule has 2 aliphatic rings. The highest BCUT2D eigenvalue weighted by atomic mass is 16.2. The molecule has 1 aliphatic heterocycles. The summed E-state index contributed by atoms with van der Waals surface area (Å²) in [4.78, 5) is 47.6. The molecule has 11 nitrogen and oxygen atoms in total. The molecule has 0 bridgehead atoms. The van der Waals surface area contributed by atoms with Crippen LogP contribution < -0.4 is 22.5 Å². The number of likely N-dealkylation sites (N-methyl/N-ethyl adjacent to an activating group) is 1. The van der Waals surface area contributed by atoms with E-state index in [1.165, 1.54) is 11.0 Å². The molecule has 1 saturated heterocycles. The molecule has 2 fully saturated rings. The summed E-state index contributed by atoms with van der Waals surface area (Å²) in [6.45, 7) is 9.80. The van der Waals surface area contributed by atoms with E-state index in [0.29, 0.717) is 32.1 Å². The van der Waals surface area contributed by atoms with Crippen molar-refractivity contribution < 1.29 is 9.59 Å². The maximum absolute atomic E-state index is 12.8. The van der Waals surface area contributed by atoms with Crippen LogP contribution in [-0.2, 0) is 11.2 Å². The highest BCUT2D eigenvalue weighted by molar-refractivity contribution is 5.89. The predicted molar refractivity (Wildman–Crippen MR) is 152 cm³/mol. The molecule has 212 valence electrons. The second kappa shape index (κ2) is 11.4. The quantitative estimate of drug-likeness (QED) is 0.434. The summed E-state index contributed by atoms with van der Waals surface area (Å²) >= 11 is 0. The third-order valence-electron chi connectivity index (χ3n) is 8.00. The van der Waals surface area contributed by atoms with Crippen LogP contribution in [0, 0.1) is 11.3 Å². The Morgan fingerprint density at radius 2 is 1.85 bits per heavy atom. The predicted octanol–water partition coefficient (Wildman–Crippen LogP) is 1.11. The molecule has 1 aromatic carbocycles. The number of benzene rings is 1. The molecule has 2 heterocycles. The Hall–Kier alpha value is -3.28. The normalized spacial score (nSPS) is 21.3. The van der Waals surface area contributed by atoms with Crippen LogP contribution in [-0.4, -0.2) is 94.6 Å². The van der Waals surface area contributed by atoms with E-state index in [1.54, 1.807) is 35.9 Å². The van der Waals surface area contributed by atoms with E-state index in [0.717, 1.165) is 37.3 Å². The molecule has 11 heteroatoms. The van der Waals surface area contributed by atoms with Crippen molar-refractivity contribution in [3.63, 3.8) is 0 Å². The van der Waals surface area contributed by atoms with Crippen molar-refractivity contribution in [2.24, 2.45) is 22.8 Å². The first-order valence-corrected chi connectivity index (χ1v) is 13.6. The largest absolute Gasteiger partial charge is 0.354 e. The minimum atomic E-state index is -0.947. The molecule has 0 radical (unpaired) electrons. The number of nitrogens with one attached hydrogen (secondary N) is 1. The van der Waals surface area contributed by atoms with Gasteiger partial charge in [-0.1, -0.05) is 19.1 Å². The van der Waals surface area contributed by atoms with Gasteiger partial charge in [0.2, 0.25) is 5.91 Å². The zero-order valence-electron chi connectivity index (χ0n) is 23.5. The summed E-state index contributed by atoms with van der Waals surface area (Å²) in [5.74, 6) is 0.728. The van der Waals surface area contributed by atoms with E-state index in [9.17, 15) is 14.4 Å². The number of anilines is 1. The van der Waals surface area contributed by atoms with Gasteiger partial charge in [-0.2, -0.15) is 4.98 Å². The van der Waals surface area contributed by atoms with E-state index < -0.39 is 11.2 Å². The maximum atomic E-state index is 12.8. The lowest BCUT2D eigenvalue weighted by atomic mass is 10.0. The molecule has 39 heavy (non-hydrogen) atoms. The number of hydrogen-bond acceptors (Lipinski definition) is 7. The average Bonchev–Trinajstić information content (AvgIpc) is 3.55. The van der Waals surface area contributed by atoms with Crippen LogP contribution in [0.3, 0.4) is 0 Å². The van der Waals surface area contributed by atoms with Crippen LogP contribution in [0.4, 0.5) is 10.6 Å². The van der Waals surface area contributed by atoms with Gasteiger partial charge in [-0.25, -0.2) is 9.59 Å². The topological polar surface area (TPSA) is 143 Å². The Morgan fingerprint density at radius 3 is 2.44 bits per heavy atom. The second-order valence-corrected chi connectivity index (χ2v) is 11.7. The van der Waals surface area contributed by atoms with Crippen LogP contribution in [0.1, 0.15) is 32.8 Å². The lowest BCUT2D eigenvalue weighted by Gasteiger charge is -2.37. The van der Waals surface area contributed by atoms with Crippen LogP contribution in [0.25, 0.3) is 5.69 Å². The summed E-state index contributed by atoms with van der Waals surface area (Å²) in [6, 6.07) is 9.11. The first-order valence-electron chi connectivity index (χ1n) is 13.6. The van der Waals surface area contributed by atoms with Crippen molar-refractivity contribution in [2.75, 3.05) is 58.2 Å². The third kappa shape index (κ3) is 6.84. The Kier molecular flexibility index (Phi) is 8.43. The Labute approximate surface area is 230 Å². The van der Waals surface area contributed by atoms with Gasteiger partial charge in [-0.3, -0.25) is 14.7 Å². The van der Waals surface area contributed by atoms with Crippen LogP contribution >= 0.6 is 0 Å². The second-order valence-electron chi connectivity index (χ2n) is 11.7. The van der Waals surface area contributed by atoms with Crippen molar-refractivity contribution >= 4 is 17.8 Å². The van der Waals surface area contributed by atoms with Gasteiger partial charge in [0.15, 0.2) is 0 Å². The molecule has 3 amide bonds. The molecule has 2 unspecified atom stereocenters. The van der Waals surface area contributed by atoms with Gasteiger partial charge in [0, 0.05) is 45.5 Å². The van der Waals surface area contributed by atoms with Crippen molar-refractivity contribution in [3.8, 4) is 5.69 Å². The fraction of sp³-hybridized carbons (Fsp3) is 0.571. The average molecular weight is 539 g/mol. The number of piperazine rings is 1. The number of amides is 3. The van der Waals surface area contributed by atoms with Gasteiger partial charge < -0.3 is 26.2 Å². The third-order valence-corrected chi connectivity index (χ3v) is 8.00. The number of nitrogens with two attached hydrogens (primary N) is 2. The molecule has 1 saturated carbocycles. The van der Waals surface area contributed by atoms with E-state index in [2.05, 4.69) is 35.2 Å². The van der Waals surface area contributed by atoms with Gasteiger partial charge in [-0.05, 0) is 75.4 Å². The summed E-state index contributed by atoms with van der Waals surface area (Å²) in [5.41, 5.74) is 12.6. The number of rotatable bonds is 9. The first kappa shape index (κ1) is 28.7. The van der Waals surface area contributed by atoms with Gasteiger partial charge in [0.25, 0.3) is 0 Å². The molecule has 4 rings (SSSR count). The number of carbonyl (C=O) groups excluding carboxylic acids is 2. The van der Waals surface area contributed by atoms with Gasteiger partial charge in [0.1, 0.15) is 5.82 Å². The lowest BCUT2D eigenvalue weighted by Crippen LogP contribution is -2.58. The molecule has 2 atom stereocenters. The lowest BCUT2D eigenvalue weighted by molar-refractivity contribution is -0.137. The van der Waals surface area contributed by atoms with Crippen molar-refractivity contribution in [2.45, 2.75) is 39.2 Å². The number of urea groups is 1. The van der Waals surface area contributed by atoms with Gasteiger partial charge >= 0.3 is 11.7 Å². The minimum Gasteiger partial charge on any atom is -0.338 e. The zero-order valence-corrected chi connectivity index (χ0v) is 23.5. The fourth-order valence-electron chi connectivity index (χ4n) is 5.30. The molecule has 5 N–H and O–H groups in total. The molecular formula is C28H42N8O3. The summed E-state index contributed by atoms with van der Waals surface area (Å²) in [6.07, 6.45) is 3.67. The molecule has 1 aromatic heterocycles. The standard InChI is InChI=1S/C28H42N8O3/c1-20-17-28(20,18-29)19-33(4)10-8-21-6-5-7-22(16-21)36-11-9-23(32-26(36)39)31-25(38)35-14-12-34(13-15-35)24(37)27(2,3)30/h5-7,9,11,16,20H,8,10,12-15,17-19,29-30H2,1-4H3,(H,31,32,38,39). The zero-order chi connectivity index (χ0) is 28.4. The Morgan fingerprint density at radius 1 is 1.18 bits per heavy atom. The van der Waals surface area contributed by atoms with Crippen molar-refractivity contribution in [1.29, 1.82) is 0 Å². The fourth-order valence-corrected chi connectivity index (χ4v) is 5.30. The van der Waals surface area contributed by atoms with Crippen molar-refractivity contribution in [1.82, 2.24) is 24.3 Å². The smallest absolute Gasteiger partial charge is 0.338 e. The number of carbonyl (C=O) groups is 2. The van der Waals surface area contributed by atoms with Gasteiger partial charge in [0.05, 0.1) is 11.2 Å². The number of aromatic nitrogens is 2. The molecule has 2 aromatic rings. The Balaban J connectivity index is 1.32. The van der Waals surface area contributed by atoms with Crippen molar-refractivity contribution in [3.05, 3.63) is 52.6 Å². The Bertz CT molecular complexity index is 1240. The molecular weight excluding hydrogens is 496 g/mol. The summed E-state index contributed by atoms with van der Waals surface area (Å²) in [5, 5.41) is 2.70. The van der Waals surface area contributed by atoms with Crippen LogP contribution in [0.2, 0.25) is 0 Å². The van der Waals surface area contributed by atoms with E-state index >= 15 is 0 Å². The number of nitrogens with zero attached hydrogens (tertiary/aromatic N) is 5.